The Balaban J connectivity index is 2.56. The Labute approximate surface area is 154 Å². The third kappa shape index (κ3) is 4.17. The molecule has 0 saturated carbocycles. The van der Waals surface area contributed by atoms with E-state index in [0.29, 0.717) is 0 Å². The highest BCUT2D eigenvalue weighted by atomic mass is 32.2. The van der Waals surface area contributed by atoms with Crippen molar-refractivity contribution in [3.8, 4) is 5.75 Å². The number of hydrogen-bond donors (Lipinski definition) is 1. The van der Waals surface area contributed by atoms with Crippen LogP contribution in [-0.4, -0.2) is 37.0 Å². The number of anilines is 1. The van der Waals surface area contributed by atoms with Gasteiger partial charge in [0.05, 0.1) is 22.6 Å². The normalized spacial score (nSPS) is 12.2. The van der Waals surface area contributed by atoms with Crippen molar-refractivity contribution >= 4 is 25.7 Å². The average Bonchev–Trinajstić information content (AvgIpc) is 2.60. The number of benzene rings is 2. The zero-order chi connectivity index (χ0) is 19.5. The Bertz CT molecular complexity index is 971. The van der Waals surface area contributed by atoms with E-state index in [0.717, 1.165) is 4.31 Å². The fourth-order valence-corrected chi connectivity index (χ4v) is 4.83. The van der Waals surface area contributed by atoms with E-state index in [4.69, 9.17) is 4.74 Å². The molecule has 0 aliphatic heterocycles. The number of ether oxygens (including phenoxy) is 1. The van der Waals surface area contributed by atoms with Crippen LogP contribution in [0.5, 0.6) is 5.75 Å². The van der Waals surface area contributed by atoms with Gasteiger partial charge in [-0.05, 0) is 44.2 Å². The second-order valence-electron chi connectivity index (χ2n) is 5.90. The molecule has 142 valence electrons. The van der Waals surface area contributed by atoms with Crippen LogP contribution < -0.4 is 13.8 Å². The molecule has 0 fully saturated rings. The molecule has 0 amide bonds. The van der Waals surface area contributed by atoms with Gasteiger partial charge in [0.2, 0.25) is 10.0 Å². The summed E-state index contributed by atoms with van der Waals surface area (Å²) in [7, 11) is -4.90. The highest BCUT2D eigenvalue weighted by Gasteiger charge is 2.26. The average molecular weight is 399 g/mol. The largest absolute Gasteiger partial charge is 0.495 e. The number of sulfonamides is 2. The first-order valence-electron chi connectivity index (χ1n) is 7.84. The fraction of sp³-hybridized carbons (Fsp3) is 0.294. The molecule has 0 unspecified atom stereocenters. The van der Waals surface area contributed by atoms with Crippen molar-refractivity contribution in [2.24, 2.45) is 0 Å². The number of nitrogens with zero attached hydrogens (tertiary/aromatic N) is 1. The summed E-state index contributed by atoms with van der Waals surface area (Å²) in [5.41, 5.74) is 0.128. The number of rotatable bonds is 7. The molecule has 0 atom stereocenters. The highest BCUT2D eigenvalue weighted by molar-refractivity contribution is 7.92. The zero-order valence-electron chi connectivity index (χ0n) is 15.0. The van der Waals surface area contributed by atoms with E-state index in [9.17, 15) is 16.8 Å². The van der Waals surface area contributed by atoms with E-state index >= 15 is 0 Å². The second kappa shape index (κ2) is 7.65. The van der Waals surface area contributed by atoms with Gasteiger partial charge in [-0.25, -0.2) is 21.6 Å². The zero-order valence-corrected chi connectivity index (χ0v) is 16.6. The standard InChI is InChI=1S/C17H22N2O5S2/c1-13(2)18-25(20,21)15-10-11-17(24-4)16(12-15)19(3)26(22,23)14-8-6-5-7-9-14/h5-13,18H,1-4H3. The molecule has 1 N–H and O–H groups in total. The summed E-state index contributed by atoms with van der Waals surface area (Å²) < 4.78 is 59.2. The molecule has 0 aliphatic carbocycles. The van der Waals surface area contributed by atoms with Gasteiger partial charge in [0.25, 0.3) is 10.0 Å². The second-order valence-corrected chi connectivity index (χ2v) is 9.58. The van der Waals surface area contributed by atoms with E-state index < -0.39 is 20.0 Å². The maximum Gasteiger partial charge on any atom is 0.264 e. The fourth-order valence-electron chi connectivity index (χ4n) is 2.34. The first kappa shape index (κ1) is 20.2. The molecule has 26 heavy (non-hydrogen) atoms. The van der Waals surface area contributed by atoms with Crippen LogP contribution in [0, 0.1) is 0 Å². The SMILES string of the molecule is COc1ccc(S(=O)(=O)NC(C)C)cc1N(C)S(=O)(=O)c1ccccc1. The summed E-state index contributed by atoms with van der Waals surface area (Å²) >= 11 is 0. The van der Waals surface area contributed by atoms with Crippen LogP contribution in [0.3, 0.4) is 0 Å². The maximum absolute atomic E-state index is 12.8. The van der Waals surface area contributed by atoms with Crippen LogP contribution in [0.15, 0.2) is 58.3 Å². The molecule has 0 radical (unpaired) electrons. The number of hydrogen-bond acceptors (Lipinski definition) is 5. The van der Waals surface area contributed by atoms with E-state index in [1.165, 1.54) is 44.5 Å². The predicted octanol–water partition coefficient (Wildman–Crippen LogP) is 2.21. The Morgan fingerprint density at radius 2 is 1.58 bits per heavy atom. The van der Waals surface area contributed by atoms with Crippen molar-refractivity contribution < 1.29 is 21.6 Å². The van der Waals surface area contributed by atoms with E-state index in [1.54, 1.807) is 32.0 Å². The van der Waals surface area contributed by atoms with Gasteiger partial charge in [-0.3, -0.25) is 4.31 Å². The van der Waals surface area contributed by atoms with Gasteiger partial charge in [0, 0.05) is 13.1 Å². The van der Waals surface area contributed by atoms with Crippen molar-refractivity contribution in [3.63, 3.8) is 0 Å². The molecular formula is C17H22N2O5S2. The van der Waals surface area contributed by atoms with Crippen molar-refractivity contribution in [1.29, 1.82) is 0 Å². The summed E-state index contributed by atoms with van der Waals surface area (Å²) in [5, 5.41) is 0. The molecule has 7 nitrogen and oxygen atoms in total. The van der Waals surface area contributed by atoms with Gasteiger partial charge in [-0.15, -0.1) is 0 Å². The van der Waals surface area contributed by atoms with Crippen LogP contribution in [0.4, 0.5) is 5.69 Å². The summed E-state index contributed by atoms with van der Waals surface area (Å²) in [6.45, 7) is 3.40. The third-order valence-electron chi connectivity index (χ3n) is 3.59. The lowest BCUT2D eigenvalue weighted by Gasteiger charge is -2.22. The van der Waals surface area contributed by atoms with Crippen LogP contribution in [0.1, 0.15) is 13.8 Å². The Kier molecular flexibility index (Phi) is 5.94. The molecule has 0 saturated heterocycles. The minimum Gasteiger partial charge on any atom is -0.495 e. The first-order valence-corrected chi connectivity index (χ1v) is 10.8. The monoisotopic (exact) mass is 398 g/mol. The summed E-state index contributed by atoms with van der Waals surface area (Å²) in [6.07, 6.45) is 0. The van der Waals surface area contributed by atoms with Gasteiger partial charge in [-0.2, -0.15) is 0 Å². The van der Waals surface area contributed by atoms with Crippen molar-refractivity contribution in [2.75, 3.05) is 18.5 Å². The smallest absolute Gasteiger partial charge is 0.264 e. The predicted molar refractivity (Wildman–Crippen MR) is 100 cm³/mol. The lowest BCUT2D eigenvalue weighted by atomic mass is 10.3. The Morgan fingerprint density at radius 1 is 0.962 bits per heavy atom. The minimum atomic E-state index is -3.87. The van der Waals surface area contributed by atoms with Gasteiger partial charge >= 0.3 is 0 Å². The summed E-state index contributed by atoms with van der Waals surface area (Å²) in [4.78, 5) is 0.0511. The Morgan fingerprint density at radius 3 is 2.12 bits per heavy atom. The van der Waals surface area contributed by atoms with Gasteiger partial charge < -0.3 is 4.74 Å². The van der Waals surface area contributed by atoms with Crippen LogP contribution in [0.2, 0.25) is 0 Å². The summed E-state index contributed by atoms with van der Waals surface area (Å²) in [5.74, 6) is 0.246. The van der Waals surface area contributed by atoms with Gasteiger partial charge in [0.1, 0.15) is 5.75 Å². The number of methoxy groups -OCH3 is 1. The maximum atomic E-state index is 12.8. The van der Waals surface area contributed by atoms with Crippen LogP contribution >= 0.6 is 0 Å². The Hall–Kier alpha value is -2.10. The van der Waals surface area contributed by atoms with E-state index in [-0.39, 0.29) is 27.3 Å². The lowest BCUT2D eigenvalue weighted by molar-refractivity contribution is 0.415. The number of nitrogens with one attached hydrogen (secondary N) is 1. The first-order chi connectivity index (χ1) is 12.1. The van der Waals surface area contributed by atoms with Gasteiger partial charge in [-0.1, -0.05) is 18.2 Å². The molecule has 0 aliphatic rings. The molecule has 0 aromatic heterocycles. The molecule has 2 aromatic rings. The quantitative estimate of drug-likeness (QED) is 0.772. The van der Waals surface area contributed by atoms with Crippen LogP contribution in [0.25, 0.3) is 0 Å². The third-order valence-corrected chi connectivity index (χ3v) is 7.03. The molecule has 0 heterocycles. The van der Waals surface area contributed by atoms with E-state index in [1.807, 2.05) is 0 Å². The molecule has 0 spiro atoms. The minimum absolute atomic E-state index is 0.0443. The molecule has 9 heteroatoms. The molecule has 2 aromatic carbocycles. The highest BCUT2D eigenvalue weighted by Crippen LogP contribution is 2.33. The van der Waals surface area contributed by atoms with Crippen molar-refractivity contribution in [1.82, 2.24) is 4.72 Å². The molecular weight excluding hydrogens is 376 g/mol. The molecule has 2 rings (SSSR count). The van der Waals surface area contributed by atoms with Gasteiger partial charge in [0.15, 0.2) is 0 Å². The van der Waals surface area contributed by atoms with Crippen molar-refractivity contribution in [2.45, 2.75) is 29.7 Å². The van der Waals surface area contributed by atoms with Crippen LogP contribution in [-0.2, 0) is 20.0 Å². The molecule has 0 bridgehead atoms. The lowest BCUT2D eigenvalue weighted by Crippen LogP contribution is -2.31. The van der Waals surface area contributed by atoms with E-state index in [2.05, 4.69) is 4.72 Å². The summed E-state index contributed by atoms with van der Waals surface area (Å²) in [6, 6.07) is 11.7. The van der Waals surface area contributed by atoms with Crippen molar-refractivity contribution in [3.05, 3.63) is 48.5 Å². The topological polar surface area (TPSA) is 92.8 Å².